The van der Waals surface area contributed by atoms with Crippen LogP contribution in [-0.4, -0.2) is 9.13 Å². The summed E-state index contributed by atoms with van der Waals surface area (Å²) in [5, 5.41) is 10.4. The third-order valence-electron chi connectivity index (χ3n) is 12.1. The fraction of sp³-hybridized carbons (Fsp3) is 0. The Hall–Kier alpha value is -6.98. The van der Waals surface area contributed by atoms with Crippen LogP contribution in [0.2, 0.25) is 0 Å². The Balaban J connectivity index is 0.874. The van der Waals surface area contributed by atoms with Gasteiger partial charge in [-0.2, -0.15) is 0 Å². The lowest BCUT2D eigenvalue weighted by molar-refractivity contribution is 1.19. The molecule has 0 N–H and O–H groups in total. The zero-order valence-electron chi connectivity index (χ0n) is 31.2. The van der Waals surface area contributed by atoms with Crippen molar-refractivity contribution >= 4 is 107 Å². The molecule has 270 valence electrons. The zero-order valence-corrected chi connectivity index (χ0v) is 32.8. The van der Waals surface area contributed by atoms with Crippen LogP contribution in [0, 0.1) is 0 Å². The third kappa shape index (κ3) is 4.70. The van der Waals surface area contributed by atoms with Crippen LogP contribution in [0.3, 0.4) is 0 Å². The van der Waals surface area contributed by atoms with Crippen LogP contribution < -0.4 is 0 Å². The number of nitrogens with zero attached hydrogens (tertiary/aromatic N) is 2. The van der Waals surface area contributed by atoms with E-state index in [4.69, 9.17) is 0 Å². The number of rotatable bonds is 4. The van der Waals surface area contributed by atoms with Gasteiger partial charge in [0.1, 0.15) is 0 Å². The van der Waals surface area contributed by atoms with Crippen molar-refractivity contribution in [2.75, 3.05) is 0 Å². The predicted molar refractivity (Wildman–Crippen MR) is 252 cm³/mol. The van der Waals surface area contributed by atoms with Gasteiger partial charge in [0.15, 0.2) is 0 Å². The molecule has 13 aromatic rings. The molecule has 2 nitrogen and oxygen atoms in total. The highest BCUT2D eigenvalue weighted by Gasteiger charge is 2.16. The molecule has 4 heterocycles. The number of fused-ring (bicyclic) bond motifs is 12. The number of para-hydroxylation sites is 4. The molecule has 9 aromatic carbocycles. The molecule has 0 atom stereocenters. The summed E-state index contributed by atoms with van der Waals surface area (Å²) in [5.41, 5.74) is 12.2. The van der Waals surface area contributed by atoms with E-state index in [0.717, 1.165) is 0 Å². The lowest BCUT2D eigenvalue weighted by Gasteiger charge is -2.09. The quantitative estimate of drug-likeness (QED) is 0.169. The molecular weight excluding hydrogens is 741 g/mol. The second-order valence-corrected chi connectivity index (χ2v) is 17.5. The highest BCUT2D eigenvalue weighted by molar-refractivity contribution is 7.26. The first kappa shape index (κ1) is 32.1. The fourth-order valence-corrected chi connectivity index (χ4v) is 11.6. The molecule has 0 aliphatic rings. The normalized spacial score (nSPS) is 12.1. The van der Waals surface area contributed by atoms with Crippen LogP contribution in [0.15, 0.2) is 194 Å². The van der Waals surface area contributed by atoms with Crippen molar-refractivity contribution in [1.29, 1.82) is 0 Å². The van der Waals surface area contributed by atoms with Gasteiger partial charge in [0.05, 0.1) is 22.1 Å². The Kier molecular flexibility index (Phi) is 6.79. The summed E-state index contributed by atoms with van der Waals surface area (Å²) in [6.07, 6.45) is 0. The van der Waals surface area contributed by atoms with Crippen molar-refractivity contribution < 1.29 is 0 Å². The standard InChI is InChI=1S/C54H32N2S2/c1-5-13-47-39(9-1)40-10-2-6-14-48(40)55(47)37-23-27-53-45(31-37)43-29-35(21-25-51(43)57-53)33-17-19-34(20-18-33)36-22-26-52-44(30-36)46-32-38(24-28-54(46)58-52)56-49-15-7-3-11-41(49)42-12-4-8-16-50(42)56/h1-32H. The highest BCUT2D eigenvalue weighted by Crippen LogP contribution is 2.42. The maximum atomic E-state index is 2.41. The molecule has 0 aliphatic carbocycles. The molecule has 4 heteroatoms. The van der Waals surface area contributed by atoms with E-state index in [9.17, 15) is 0 Å². The van der Waals surface area contributed by atoms with Crippen molar-refractivity contribution in [2.45, 2.75) is 0 Å². The third-order valence-corrected chi connectivity index (χ3v) is 14.4. The second-order valence-electron chi connectivity index (χ2n) is 15.3. The van der Waals surface area contributed by atoms with Crippen molar-refractivity contribution in [3.63, 3.8) is 0 Å². The molecule has 13 rings (SSSR count). The number of hydrogen-bond donors (Lipinski definition) is 0. The van der Waals surface area contributed by atoms with E-state index in [2.05, 4.69) is 203 Å². The van der Waals surface area contributed by atoms with Gasteiger partial charge in [0.25, 0.3) is 0 Å². The predicted octanol–water partition coefficient (Wildman–Crippen LogP) is 16.0. The molecule has 0 amide bonds. The van der Waals surface area contributed by atoms with E-state index >= 15 is 0 Å². The molecule has 0 unspecified atom stereocenters. The smallest absolute Gasteiger partial charge is 0.0541 e. The molecular formula is C54H32N2S2. The minimum atomic E-state index is 1.19. The number of benzene rings is 9. The van der Waals surface area contributed by atoms with Gasteiger partial charge in [0.2, 0.25) is 0 Å². The topological polar surface area (TPSA) is 9.86 Å². The average Bonchev–Trinajstić information content (AvgIpc) is 4.03. The van der Waals surface area contributed by atoms with E-state index in [0.29, 0.717) is 0 Å². The van der Waals surface area contributed by atoms with Crippen LogP contribution in [0.25, 0.3) is 118 Å². The summed E-state index contributed by atoms with van der Waals surface area (Å²) in [6, 6.07) is 71.9. The first-order valence-electron chi connectivity index (χ1n) is 19.7. The lowest BCUT2D eigenvalue weighted by Crippen LogP contribution is -1.93. The van der Waals surface area contributed by atoms with Crippen LogP contribution in [-0.2, 0) is 0 Å². The van der Waals surface area contributed by atoms with Gasteiger partial charge in [-0.05, 0) is 107 Å². The van der Waals surface area contributed by atoms with Gasteiger partial charge in [-0.25, -0.2) is 0 Å². The maximum Gasteiger partial charge on any atom is 0.0541 e. The highest BCUT2D eigenvalue weighted by atomic mass is 32.1. The van der Waals surface area contributed by atoms with E-state index in [1.807, 2.05) is 22.7 Å². The van der Waals surface area contributed by atoms with Crippen LogP contribution in [0.1, 0.15) is 0 Å². The molecule has 0 spiro atoms. The maximum absolute atomic E-state index is 2.41. The van der Waals surface area contributed by atoms with Gasteiger partial charge in [-0.15, -0.1) is 22.7 Å². The summed E-state index contributed by atoms with van der Waals surface area (Å²) in [6.45, 7) is 0. The van der Waals surface area contributed by atoms with Gasteiger partial charge in [-0.3, -0.25) is 0 Å². The molecule has 0 radical (unpaired) electrons. The Morgan fingerprint density at radius 1 is 0.241 bits per heavy atom. The van der Waals surface area contributed by atoms with Gasteiger partial charge in [-0.1, -0.05) is 109 Å². The summed E-state index contributed by atoms with van der Waals surface area (Å²) < 4.78 is 10.1. The molecule has 4 aromatic heterocycles. The lowest BCUT2D eigenvalue weighted by atomic mass is 9.98. The van der Waals surface area contributed by atoms with Crippen molar-refractivity contribution in [1.82, 2.24) is 9.13 Å². The summed E-state index contributed by atoms with van der Waals surface area (Å²) in [4.78, 5) is 0. The zero-order chi connectivity index (χ0) is 37.9. The monoisotopic (exact) mass is 772 g/mol. The van der Waals surface area contributed by atoms with Crippen LogP contribution >= 0.6 is 22.7 Å². The van der Waals surface area contributed by atoms with E-state index in [1.54, 1.807) is 0 Å². The van der Waals surface area contributed by atoms with Crippen molar-refractivity contribution in [3.05, 3.63) is 194 Å². The average molecular weight is 773 g/mol. The first-order valence-corrected chi connectivity index (χ1v) is 21.4. The number of hydrogen-bond acceptors (Lipinski definition) is 2. The van der Waals surface area contributed by atoms with E-state index in [1.165, 1.54) is 118 Å². The van der Waals surface area contributed by atoms with E-state index in [-0.39, 0.29) is 0 Å². The second kappa shape index (κ2) is 12.3. The summed E-state index contributed by atoms with van der Waals surface area (Å²) in [7, 11) is 0. The van der Waals surface area contributed by atoms with E-state index < -0.39 is 0 Å². The Bertz CT molecular complexity index is 3440. The number of aromatic nitrogens is 2. The molecule has 58 heavy (non-hydrogen) atoms. The Morgan fingerprint density at radius 3 is 0.897 bits per heavy atom. The number of thiophene rings is 2. The molecule has 0 fully saturated rings. The Morgan fingerprint density at radius 2 is 0.534 bits per heavy atom. The van der Waals surface area contributed by atoms with Gasteiger partial charge >= 0.3 is 0 Å². The molecule has 0 bridgehead atoms. The fourth-order valence-electron chi connectivity index (χ4n) is 9.42. The minimum Gasteiger partial charge on any atom is -0.309 e. The van der Waals surface area contributed by atoms with Gasteiger partial charge in [0, 0.05) is 73.3 Å². The molecule has 0 aliphatic heterocycles. The largest absolute Gasteiger partial charge is 0.309 e. The SMILES string of the molecule is c1ccc2c(c1)c1ccccc1n2-c1ccc2sc3ccc(-c4ccc(-c5ccc6sc7ccc(-n8c9ccccc9c9ccccc98)cc7c6c5)cc4)cc3c2c1. The first-order chi connectivity index (χ1) is 28.7. The van der Waals surface area contributed by atoms with Crippen molar-refractivity contribution in [3.8, 4) is 33.6 Å². The summed E-state index contributed by atoms with van der Waals surface area (Å²) >= 11 is 3.74. The Labute approximate surface area is 341 Å². The minimum absolute atomic E-state index is 1.19. The van der Waals surface area contributed by atoms with Gasteiger partial charge < -0.3 is 9.13 Å². The van der Waals surface area contributed by atoms with Crippen molar-refractivity contribution in [2.24, 2.45) is 0 Å². The summed E-state index contributed by atoms with van der Waals surface area (Å²) in [5.74, 6) is 0. The van der Waals surface area contributed by atoms with Crippen LogP contribution in [0.5, 0.6) is 0 Å². The van der Waals surface area contributed by atoms with Crippen LogP contribution in [0.4, 0.5) is 0 Å². The molecule has 0 saturated carbocycles. The molecule has 0 saturated heterocycles.